The largest absolute Gasteiger partial charge is 0.351 e. The molecule has 0 atom stereocenters. The highest BCUT2D eigenvalue weighted by Crippen LogP contribution is 2.18. The number of nitrogens with one attached hydrogen (secondary N) is 1. The second kappa shape index (κ2) is 9.95. The Morgan fingerprint density at radius 2 is 1.58 bits per heavy atom. The van der Waals surface area contributed by atoms with E-state index < -0.39 is 6.03 Å². The number of carbonyl (C=O) groups excluding carboxylic acids is 1. The summed E-state index contributed by atoms with van der Waals surface area (Å²) in [6, 6.07) is 13.1. The van der Waals surface area contributed by atoms with Crippen LogP contribution in [-0.4, -0.2) is 6.03 Å². The van der Waals surface area contributed by atoms with Gasteiger partial charge in [-0.15, -0.1) is 0 Å². The van der Waals surface area contributed by atoms with E-state index in [0.717, 1.165) is 16.5 Å². The molecule has 0 spiro atoms. The molecule has 0 aromatic heterocycles. The fourth-order valence-electron chi connectivity index (χ4n) is 1.41. The van der Waals surface area contributed by atoms with Gasteiger partial charge < -0.3 is 11.1 Å². The minimum absolute atomic E-state index is 0.541. The van der Waals surface area contributed by atoms with Gasteiger partial charge in [0.25, 0.3) is 0 Å². The van der Waals surface area contributed by atoms with Crippen molar-refractivity contribution in [2.24, 2.45) is 5.73 Å². The van der Waals surface area contributed by atoms with Crippen molar-refractivity contribution in [3.63, 3.8) is 0 Å². The predicted octanol–water partition coefficient (Wildman–Crippen LogP) is 4.77. The first-order valence-corrected chi connectivity index (χ1v) is 6.72. The fourth-order valence-corrected chi connectivity index (χ4v) is 1.41. The number of carbonyl (C=O) groups is 1. The normalized spacial score (nSPS) is 8.63. The Morgan fingerprint density at radius 3 is 2.11 bits per heavy atom. The molecule has 2 aromatic carbocycles. The molecule has 0 heterocycles. The average Bonchev–Trinajstić information content (AvgIpc) is 2.41. The lowest BCUT2D eigenvalue weighted by Gasteiger charge is -2.03. The van der Waals surface area contributed by atoms with Gasteiger partial charge in [0, 0.05) is 5.69 Å². The van der Waals surface area contributed by atoms with Crippen LogP contribution >= 0.6 is 0 Å². The minimum atomic E-state index is -0.541. The molecule has 0 aliphatic carbocycles. The monoisotopic (exact) mass is 260 g/mol. The van der Waals surface area contributed by atoms with E-state index in [-0.39, 0.29) is 0 Å². The van der Waals surface area contributed by atoms with Gasteiger partial charge in [0.1, 0.15) is 0 Å². The van der Waals surface area contributed by atoms with Crippen molar-refractivity contribution in [3.8, 4) is 0 Å². The van der Waals surface area contributed by atoms with Gasteiger partial charge in [-0.1, -0.05) is 64.4 Å². The van der Waals surface area contributed by atoms with Gasteiger partial charge in [0.2, 0.25) is 0 Å². The molecule has 3 nitrogen and oxygen atoms in total. The zero-order valence-electron chi connectivity index (χ0n) is 12.2. The van der Waals surface area contributed by atoms with Gasteiger partial charge in [-0.25, -0.2) is 4.79 Å². The summed E-state index contributed by atoms with van der Waals surface area (Å²) in [5.41, 5.74) is 5.74. The zero-order chi connectivity index (χ0) is 14.7. The minimum Gasteiger partial charge on any atom is -0.351 e. The first-order chi connectivity index (χ1) is 9.17. The summed E-state index contributed by atoms with van der Waals surface area (Å²) in [7, 11) is 0. The highest BCUT2D eigenvalue weighted by Gasteiger charge is 1.97. The molecule has 2 rings (SSSR count). The van der Waals surface area contributed by atoms with E-state index in [1.54, 1.807) is 0 Å². The van der Waals surface area contributed by atoms with E-state index in [1.807, 2.05) is 56.3 Å². The highest BCUT2D eigenvalue weighted by atomic mass is 16.2. The molecule has 0 fully saturated rings. The Hall–Kier alpha value is -2.03. The van der Waals surface area contributed by atoms with Crippen molar-refractivity contribution in [2.75, 3.05) is 5.32 Å². The van der Waals surface area contributed by atoms with E-state index in [0.29, 0.717) is 0 Å². The van der Waals surface area contributed by atoms with E-state index >= 15 is 0 Å². The van der Waals surface area contributed by atoms with Crippen molar-refractivity contribution in [3.05, 3.63) is 42.5 Å². The molecular weight excluding hydrogens is 236 g/mol. The summed E-state index contributed by atoms with van der Waals surface area (Å²) in [5, 5.41) is 4.76. The molecular formula is C16H24N2O. The molecule has 19 heavy (non-hydrogen) atoms. The third-order valence-electron chi connectivity index (χ3n) is 2.02. The number of urea groups is 1. The number of benzene rings is 2. The number of rotatable bonds is 1. The lowest BCUT2D eigenvalue weighted by atomic mass is 10.1. The van der Waals surface area contributed by atoms with Gasteiger partial charge in [0.05, 0.1) is 0 Å². The Balaban J connectivity index is 0.000000573. The van der Waals surface area contributed by atoms with Crippen LogP contribution in [0.3, 0.4) is 0 Å². The van der Waals surface area contributed by atoms with Gasteiger partial charge in [-0.05, 0) is 22.9 Å². The quantitative estimate of drug-likeness (QED) is 0.762. The van der Waals surface area contributed by atoms with Crippen LogP contribution in [0.5, 0.6) is 0 Å². The molecule has 0 radical (unpaired) electrons. The Morgan fingerprint density at radius 1 is 1.05 bits per heavy atom. The molecule has 0 unspecified atom stereocenters. The molecule has 2 amide bonds. The average molecular weight is 260 g/mol. The SMILES string of the molecule is CC.CCC.NC(=O)Nc1ccc2ccccc2c1. The van der Waals surface area contributed by atoms with Crippen molar-refractivity contribution < 1.29 is 4.79 Å². The van der Waals surface area contributed by atoms with E-state index in [2.05, 4.69) is 19.2 Å². The third kappa shape index (κ3) is 6.46. The van der Waals surface area contributed by atoms with Crippen LogP contribution in [0.2, 0.25) is 0 Å². The summed E-state index contributed by atoms with van der Waals surface area (Å²) >= 11 is 0. The topological polar surface area (TPSA) is 55.1 Å². The van der Waals surface area contributed by atoms with Crippen LogP contribution in [0.4, 0.5) is 10.5 Å². The van der Waals surface area contributed by atoms with Crippen LogP contribution in [-0.2, 0) is 0 Å². The van der Waals surface area contributed by atoms with Crippen LogP contribution in [0.25, 0.3) is 10.8 Å². The maximum Gasteiger partial charge on any atom is 0.316 e. The first kappa shape index (κ1) is 17.0. The number of primary amides is 1. The van der Waals surface area contributed by atoms with E-state index in [9.17, 15) is 4.79 Å². The van der Waals surface area contributed by atoms with Gasteiger partial charge in [-0.3, -0.25) is 0 Å². The highest BCUT2D eigenvalue weighted by molar-refractivity contribution is 5.92. The summed E-state index contributed by atoms with van der Waals surface area (Å²) < 4.78 is 0. The van der Waals surface area contributed by atoms with Crippen LogP contribution < -0.4 is 11.1 Å². The lowest BCUT2D eigenvalue weighted by Crippen LogP contribution is -2.19. The fraction of sp³-hybridized carbons (Fsp3) is 0.312. The van der Waals surface area contributed by atoms with Crippen LogP contribution in [0.15, 0.2) is 42.5 Å². The summed E-state index contributed by atoms with van der Waals surface area (Å²) in [6.45, 7) is 8.25. The number of amides is 2. The van der Waals surface area contributed by atoms with E-state index in [1.165, 1.54) is 6.42 Å². The molecule has 3 N–H and O–H groups in total. The van der Waals surface area contributed by atoms with Gasteiger partial charge in [-0.2, -0.15) is 0 Å². The third-order valence-corrected chi connectivity index (χ3v) is 2.02. The molecule has 3 heteroatoms. The standard InChI is InChI=1S/C11H10N2O.C3H8.C2H6/c12-11(14)13-10-6-5-8-3-1-2-4-9(8)7-10;1-3-2;1-2/h1-7H,(H3,12,13,14);3H2,1-2H3;1-2H3. The molecule has 0 aliphatic rings. The van der Waals surface area contributed by atoms with Crippen molar-refractivity contribution in [1.29, 1.82) is 0 Å². The van der Waals surface area contributed by atoms with Gasteiger partial charge >= 0.3 is 6.03 Å². The molecule has 2 aromatic rings. The number of anilines is 1. The molecule has 0 aliphatic heterocycles. The Kier molecular flexibility index (Phi) is 8.88. The molecule has 0 bridgehead atoms. The predicted molar refractivity (Wildman–Crippen MR) is 84.5 cm³/mol. The lowest BCUT2D eigenvalue weighted by molar-refractivity contribution is 0.259. The van der Waals surface area contributed by atoms with E-state index in [4.69, 9.17) is 5.73 Å². The summed E-state index contributed by atoms with van der Waals surface area (Å²) in [6.07, 6.45) is 1.25. The van der Waals surface area contributed by atoms with Gasteiger partial charge in [0.15, 0.2) is 0 Å². The number of hydrogen-bond acceptors (Lipinski definition) is 1. The van der Waals surface area contributed by atoms with Crippen LogP contribution in [0, 0.1) is 0 Å². The summed E-state index contributed by atoms with van der Waals surface area (Å²) in [5.74, 6) is 0. The number of nitrogens with two attached hydrogens (primary N) is 1. The van der Waals surface area contributed by atoms with Crippen molar-refractivity contribution >= 4 is 22.5 Å². The van der Waals surface area contributed by atoms with Crippen molar-refractivity contribution in [2.45, 2.75) is 34.1 Å². The number of fused-ring (bicyclic) bond motifs is 1. The Bertz CT molecular complexity index is 495. The molecule has 104 valence electrons. The molecule has 0 saturated heterocycles. The smallest absolute Gasteiger partial charge is 0.316 e. The Labute approximate surface area is 115 Å². The number of hydrogen-bond donors (Lipinski definition) is 2. The first-order valence-electron chi connectivity index (χ1n) is 6.72. The molecule has 0 saturated carbocycles. The maximum atomic E-state index is 10.6. The summed E-state index contributed by atoms with van der Waals surface area (Å²) in [4.78, 5) is 10.6. The second-order valence-corrected chi connectivity index (χ2v) is 3.76. The zero-order valence-corrected chi connectivity index (χ0v) is 12.2. The van der Waals surface area contributed by atoms with Crippen LogP contribution in [0.1, 0.15) is 34.1 Å². The van der Waals surface area contributed by atoms with Crippen molar-refractivity contribution in [1.82, 2.24) is 0 Å². The second-order valence-electron chi connectivity index (χ2n) is 3.76. The maximum absolute atomic E-state index is 10.6.